The van der Waals surface area contributed by atoms with Crippen LogP contribution < -0.4 is 5.32 Å². The molecule has 1 heterocycles. The Morgan fingerprint density at radius 1 is 1.57 bits per heavy atom. The summed E-state index contributed by atoms with van der Waals surface area (Å²) in [5, 5.41) is 13.8. The average Bonchev–Trinajstić information content (AvgIpc) is 2.16. The van der Waals surface area contributed by atoms with Crippen molar-refractivity contribution in [3.63, 3.8) is 0 Å². The first kappa shape index (κ1) is 8.99. The molecule has 0 fully saturated rings. The van der Waals surface area contributed by atoms with Crippen LogP contribution in [-0.2, 0) is 6.42 Å². The molecule has 14 heavy (non-hydrogen) atoms. The third-order valence-electron chi connectivity index (χ3n) is 2.55. The molecule has 1 aliphatic heterocycles. The summed E-state index contributed by atoms with van der Waals surface area (Å²) in [5.74, 6) is 0. The standard InChI is InChI=1S/C10H12N2O2/c1-7-2-3-8-6-9(12(13)14)4-5-10(8)11-7/h4-7,11H,2-3H2,1H3/t7-/m0/s1. The maximum Gasteiger partial charge on any atom is 0.269 e. The molecule has 1 atom stereocenters. The molecule has 0 saturated heterocycles. The van der Waals surface area contributed by atoms with Crippen molar-refractivity contribution >= 4 is 11.4 Å². The van der Waals surface area contributed by atoms with E-state index in [0.717, 1.165) is 24.1 Å². The fraction of sp³-hybridized carbons (Fsp3) is 0.400. The minimum absolute atomic E-state index is 0.181. The molecule has 2 rings (SSSR count). The van der Waals surface area contributed by atoms with Crippen LogP contribution in [0.1, 0.15) is 18.9 Å². The van der Waals surface area contributed by atoms with Gasteiger partial charge in [-0.15, -0.1) is 0 Å². The van der Waals surface area contributed by atoms with Crippen molar-refractivity contribution < 1.29 is 4.92 Å². The maximum atomic E-state index is 10.5. The van der Waals surface area contributed by atoms with Gasteiger partial charge in [0.2, 0.25) is 0 Å². The Labute approximate surface area is 82.1 Å². The Morgan fingerprint density at radius 2 is 2.36 bits per heavy atom. The Kier molecular flexibility index (Phi) is 2.11. The van der Waals surface area contributed by atoms with Crippen LogP contribution >= 0.6 is 0 Å². The fourth-order valence-corrected chi connectivity index (χ4v) is 1.75. The predicted octanol–water partition coefficient (Wildman–Crippen LogP) is 2.34. The molecule has 0 unspecified atom stereocenters. The van der Waals surface area contributed by atoms with Gasteiger partial charge < -0.3 is 5.32 Å². The van der Waals surface area contributed by atoms with Gasteiger partial charge >= 0.3 is 0 Å². The average molecular weight is 192 g/mol. The third-order valence-corrected chi connectivity index (χ3v) is 2.55. The molecule has 0 saturated carbocycles. The van der Waals surface area contributed by atoms with Crippen molar-refractivity contribution in [3.8, 4) is 0 Å². The summed E-state index contributed by atoms with van der Waals surface area (Å²) in [4.78, 5) is 10.2. The van der Waals surface area contributed by atoms with Gasteiger partial charge in [0, 0.05) is 23.9 Å². The van der Waals surface area contributed by atoms with E-state index in [2.05, 4.69) is 12.2 Å². The SMILES string of the molecule is C[C@H]1CCc2cc([N+](=O)[O-])ccc2N1. The lowest BCUT2D eigenvalue weighted by Crippen LogP contribution is -2.21. The zero-order valence-electron chi connectivity index (χ0n) is 7.99. The summed E-state index contributed by atoms with van der Waals surface area (Å²) in [6.45, 7) is 2.12. The van der Waals surface area contributed by atoms with Crippen molar-refractivity contribution in [1.29, 1.82) is 0 Å². The Bertz CT molecular complexity index is 376. The fourth-order valence-electron chi connectivity index (χ4n) is 1.75. The highest BCUT2D eigenvalue weighted by molar-refractivity contribution is 5.58. The van der Waals surface area contributed by atoms with Crippen LogP contribution in [-0.4, -0.2) is 11.0 Å². The van der Waals surface area contributed by atoms with E-state index in [0.29, 0.717) is 6.04 Å². The lowest BCUT2D eigenvalue weighted by molar-refractivity contribution is -0.384. The molecule has 0 aromatic heterocycles. The number of rotatable bonds is 1. The second-order valence-corrected chi connectivity index (χ2v) is 3.68. The van der Waals surface area contributed by atoms with E-state index in [-0.39, 0.29) is 10.6 Å². The normalized spacial score (nSPS) is 19.6. The molecule has 1 aromatic rings. The molecule has 74 valence electrons. The minimum Gasteiger partial charge on any atom is -0.382 e. The molecular formula is C10H12N2O2. The number of nitrogens with zero attached hydrogens (tertiary/aromatic N) is 1. The molecule has 4 heteroatoms. The lowest BCUT2D eigenvalue weighted by atomic mass is 9.99. The molecule has 0 aliphatic carbocycles. The molecule has 1 N–H and O–H groups in total. The largest absolute Gasteiger partial charge is 0.382 e. The number of fused-ring (bicyclic) bond motifs is 1. The summed E-state index contributed by atoms with van der Waals surface area (Å²) in [6.07, 6.45) is 1.96. The molecule has 0 amide bonds. The highest BCUT2D eigenvalue weighted by atomic mass is 16.6. The van der Waals surface area contributed by atoms with Crippen LogP contribution in [0, 0.1) is 10.1 Å². The summed E-state index contributed by atoms with van der Waals surface area (Å²) >= 11 is 0. The molecular weight excluding hydrogens is 180 g/mol. The quantitative estimate of drug-likeness (QED) is 0.548. The molecule has 0 radical (unpaired) electrons. The van der Waals surface area contributed by atoms with E-state index in [1.807, 2.05) is 0 Å². The Balaban J connectivity index is 2.36. The summed E-state index contributed by atoms with van der Waals surface area (Å²) in [6, 6.07) is 5.46. The van der Waals surface area contributed by atoms with Crippen molar-refractivity contribution in [2.24, 2.45) is 0 Å². The van der Waals surface area contributed by atoms with Crippen LogP contribution in [0.15, 0.2) is 18.2 Å². The number of hydrogen-bond donors (Lipinski definition) is 1. The number of hydrogen-bond acceptors (Lipinski definition) is 3. The van der Waals surface area contributed by atoms with Crippen LogP contribution in [0.3, 0.4) is 0 Å². The Hall–Kier alpha value is -1.58. The highest BCUT2D eigenvalue weighted by Crippen LogP contribution is 2.28. The molecule has 0 bridgehead atoms. The predicted molar refractivity (Wildman–Crippen MR) is 54.5 cm³/mol. The van der Waals surface area contributed by atoms with E-state index < -0.39 is 0 Å². The van der Waals surface area contributed by atoms with Crippen LogP contribution in [0.25, 0.3) is 0 Å². The summed E-state index contributed by atoms with van der Waals surface area (Å²) in [5.41, 5.74) is 2.27. The van der Waals surface area contributed by atoms with Crippen molar-refractivity contribution in [3.05, 3.63) is 33.9 Å². The van der Waals surface area contributed by atoms with E-state index in [1.165, 1.54) is 0 Å². The number of benzene rings is 1. The van der Waals surface area contributed by atoms with E-state index in [1.54, 1.807) is 18.2 Å². The van der Waals surface area contributed by atoms with Crippen LogP contribution in [0.5, 0.6) is 0 Å². The van der Waals surface area contributed by atoms with Crippen molar-refractivity contribution in [1.82, 2.24) is 0 Å². The maximum absolute atomic E-state index is 10.5. The van der Waals surface area contributed by atoms with E-state index in [9.17, 15) is 10.1 Å². The van der Waals surface area contributed by atoms with Gasteiger partial charge in [-0.3, -0.25) is 10.1 Å². The number of aryl methyl sites for hydroxylation is 1. The topological polar surface area (TPSA) is 55.2 Å². The second kappa shape index (κ2) is 3.29. The van der Waals surface area contributed by atoms with Gasteiger partial charge in [-0.1, -0.05) is 0 Å². The number of anilines is 1. The van der Waals surface area contributed by atoms with Gasteiger partial charge in [0.1, 0.15) is 0 Å². The van der Waals surface area contributed by atoms with Crippen LogP contribution in [0.2, 0.25) is 0 Å². The zero-order chi connectivity index (χ0) is 10.1. The zero-order valence-corrected chi connectivity index (χ0v) is 7.99. The molecule has 4 nitrogen and oxygen atoms in total. The van der Waals surface area contributed by atoms with Crippen LogP contribution in [0.4, 0.5) is 11.4 Å². The number of nitro groups is 1. The minimum atomic E-state index is -0.349. The van der Waals surface area contributed by atoms with Crippen molar-refractivity contribution in [2.45, 2.75) is 25.8 Å². The third kappa shape index (κ3) is 1.55. The second-order valence-electron chi connectivity index (χ2n) is 3.68. The first-order valence-electron chi connectivity index (χ1n) is 4.70. The van der Waals surface area contributed by atoms with Gasteiger partial charge in [-0.25, -0.2) is 0 Å². The van der Waals surface area contributed by atoms with Gasteiger partial charge in [-0.2, -0.15) is 0 Å². The number of nitro benzene ring substituents is 1. The van der Waals surface area contributed by atoms with Gasteiger partial charge in [0.25, 0.3) is 5.69 Å². The van der Waals surface area contributed by atoms with Gasteiger partial charge in [0.05, 0.1) is 4.92 Å². The molecule has 1 aliphatic rings. The van der Waals surface area contributed by atoms with E-state index >= 15 is 0 Å². The summed E-state index contributed by atoms with van der Waals surface area (Å²) < 4.78 is 0. The first-order valence-corrected chi connectivity index (χ1v) is 4.70. The smallest absolute Gasteiger partial charge is 0.269 e. The Morgan fingerprint density at radius 3 is 3.07 bits per heavy atom. The van der Waals surface area contributed by atoms with Crippen molar-refractivity contribution in [2.75, 3.05) is 5.32 Å². The number of nitrogens with one attached hydrogen (secondary N) is 1. The molecule has 0 spiro atoms. The number of non-ortho nitro benzene ring substituents is 1. The first-order chi connectivity index (χ1) is 6.66. The monoisotopic (exact) mass is 192 g/mol. The van der Waals surface area contributed by atoms with Gasteiger partial charge in [-0.05, 0) is 31.4 Å². The highest BCUT2D eigenvalue weighted by Gasteiger charge is 2.16. The summed E-state index contributed by atoms with van der Waals surface area (Å²) in [7, 11) is 0. The van der Waals surface area contributed by atoms with Gasteiger partial charge in [0.15, 0.2) is 0 Å². The van der Waals surface area contributed by atoms with E-state index in [4.69, 9.17) is 0 Å². The lowest BCUT2D eigenvalue weighted by Gasteiger charge is -2.23. The molecule has 1 aromatic carbocycles.